The maximum Gasteiger partial charge on any atom is 0.191 e. The Kier molecular flexibility index (Phi) is 14.1. The van der Waals surface area contributed by atoms with Gasteiger partial charge in [-0.3, -0.25) is 4.90 Å². The predicted molar refractivity (Wildman–Crippen MR) is 127 cm³/mol. The lowest BCUT2D eigenvalue weighted by molar-refractivity contribution is 0.0322. The molecule has 1 saturated heterocycles. The van der Waals surface area contributed by atoms with Crippen LogP contribution in [0.3, 0.4) is 0 Å². The molecule has 1 aliphatic heterocycles. The molecule has 160 valence electrons. The Morgan fingerprint density at radius 2 is 1.93 bits per heavy atom. The van der Waals surface area contributed by atoms with Gasteiger partial charge >= 0.3 is 0 Å². The van der Waals surface area contributed by atoms with Crippen molar-refractivity contribution in [2.75, 3.05) is 52.5 Å². The molecule has 0 radical (unpaired) electrons. The van der Waals surface area contributed by atoms with Crippen LogP contribution in [0.1, 0.15) is 38.7 Å². The smallest absolute Gasteiger partial charge is 0.191 e. The van der Waals surface area contributed by atoms with Crippen LogP contribution in [0, 0.1) is 0 Å². The van der Waals surface area contributed by atoms with E-state index in [1.807, 2.05) is 18.2 Å². The monoisotopic (exact) mass is 504 g/mol. The number of aliphatic imine (C=N–C) groups is 1. The molecule has 0 unspecified atom stereocenters. The molecule has 6 nitrogen and oxygen atoms in total. The summed E-state index contributed by atoms with van der Waals surface area (Å²) in [4.78, 5) is 7.11. The van der Waals surface area contributed by atoms with E-state index in [9.17, 15) is 0 Å². The van der Waals surface area contributed by atoms with Crippen LogP contribution in [0.4, 0.5) is 0 Å². The molecule has 0 saturated carbocycles. The highest BCUT2D eigenvalue weighted by Crippen LogP contribution is 2.19. The highest BCUT2D eigenvalue weighted by molar-refractivity contribution is 14.0. The van der Waals surface area contributed by atoms with Crippen LogP contribution in [0.25, 0.3) is 0 Å². The molecule has 1 aromatic carbocycles. The third-order valence-corrected chi connectivity index (χ3v) is 4.57. The standard InChI is InChI=1S/C21H36N4O2.HI/c1-3-5-8-11-23-21(22-4-2)24-18-19-9-6-7-10-20(19)27-17-14-25-12-15-26-16-13-25;/h6-7,9-10H,3-5,8,11-18H2,1-2H3,(H2,22,23,24);1H. The zero-order valence-corrected chi connectivity index (χ0v) is 19.7. The summed E-state index contributed by atoms with van der Waals surface area (Å²) in [5.41, 5.74) is 1.12. The summed E-state index contributed by atoms with van der Waals surface area (Å²) >= 11 is 0. The van der Waals surface area contributed by atoms with E-state index in [2.05, 4.69) is 35.4 Å². The lowest BCUT2D eigenvalue weighted by atomic mass is 10.2. The average molecular weight is 504 g/mol. The second-order valence-corrected chi connectivity index (χ2v) is 6.74. The van der Waals surface area contributed by atoms with Crippen LogP contribution >= 0.6 is 24.0 Å². The van der Waals surface area contributed by atoms with Gasteiger partial charge in [0.2, 0.25) is 0 Å². The maximum atomic E-state index is 6.05. The topological polar surface area (TPSA) is 58.1 Å². The second kappa shape index (κ2) is 15.8. The number of nitrogens with one attached hydrogen (secondary N) is 2. The van der Waals surface area contributed by atoms with E-state index in [1.54, 1.807) is 0 Å². The van der Waals surface area contributed by atoms with Crippen molar-refractivity contribution >= 4 is 29.9 Å². The van der Waals surface area contributed by atoms with Crippen molar-refractivity contribution in [1.29, 1.82) is 0 Å². The van der Waals surface area contributed by atoms with Crippen LogP contribution in [0.5, 0.6) is 5.75 Å². The number of hydrogen-bond acceptors (Lipinski definition) is 4. The molecule has 7 heteroatoms. The van der Waals surface area contributed by atoms with Crippen molar-refractivity contribution in [2.45, 2.75) is 39.7 Å². The largest absolute Gasteiger partial charge is 0.492 e. The van der Waals surface area contributed by atoms with Crippen molar-refractivity contribution in [1.82, 2.24) is 15.5 Å². The molecule has 0 amide bonds. The number of guanidine groups is 1. The zero-order chi connectivity index (χ0) is 19.2. The van der Waals surface area contributed by atoms with Crippen molar-refractivity contribution in [2.24, 2.45) is 4.99 Å². The van der Waals surface area contributed by atoms with Crippen LogP contribution in [0.2, 0.25) is 0 Å². The van der Waals surface area contributed by atoms with Crippen LogP contribution < -0.4 is 15.4 Å². The fraction of sp³-hybridized carbons (Fsp3) is 0.667. The van der Waals surface area contributed by atoms with E-state index in [1.165, 1.54) is 19.3 Å². The summed E-state index contributed by atoms with van der Waals surface area (Å²) < 4.78 is 11.4. The number of nitrogens with zero attached hydrogens (tertiary/aromatic N) is 2. The number of rotatable bonds is 11. The quantitative estimate of drug-likeness (QED) is 0.210. The van der Waals surface area contributed by atoms with Gasteiger partial charge in [0.05, 0.1) is 19.8 Å². The molecule has 2 rings (SSSR count). The molecule has 1 fully saturated rings. The summed E-state index contributed by atoms with van der Waals surface area (Å²) in [6.07, 6.45) is 3.64. The third kappa shape index (κ3) is 9.93. The molecule has 1 heterocycles. The normalized spacial score (nSPS) is 15.0. The minimum Gasteiger partial charge on any atom is -0.492 e. The number of morpholine rings is 1. The molecule has 2 N–H and O–H groups in total. The first-order valence-electron chi connectivity index (χ1n) is 10.4. The van der Waals surface area contributed by atoms with Gasteiger partial charge in [0, 0.05) is 38.3 Å². The number of hydrogen-bond donors (Lipinski definition) is 2. The van der Waals surface area contributed by atoms with Gasteiger partial charge in [0.25, 0.3) is 0 Å². The third-order valence-electron chi connectivity index (χ3n) is 4.57. The Morgan fingerprint density at radius 3 is 2.68 bits per heavy atom. The molecular weight excluding hydrogens is 467 g/mol. The Balaban J connectivity index is 0.00000392. The second-order valence-electron chi connectivity index (χ2n) is 6.74. The first kappa shape index (κ1) is 25.0. The van der Waals surface area contributed by atoms with Gasteiger partial charge < -0.3 is 20.1 Å². The van der Waals surface area contributed by atoms with Gasteiger partial charge in [-0.2, -0.15) is 0 Å². The molecule has 1 aliphatic rings. The van der Waals surface area contributed by atoms with E-state index in [0.717, 1.165) is 63.2 Å². The Morgan fingerprint density at radius 1 is 1.14 bits per heavy atom. The van der Waals surface area contributed by atoms with Gasteiger partial charge in [-0.1, -0.05) is 38.0 Å². The molecule has 0 aliphatic carbocycles. The molecular formula is C21H37IN4O2. The lowest BCUT2D eigenvalue weighted by Crippen LogP contribution is -2.38. The molecule has 0 aromatic heterocycles. The summed E-state index contributed by atoms with van der Waals surface area (Å²) in [5, 5.41) is 6.73. The number of para-hydroxylation sites is 1. The number of benzene rings is 1. The first-order chi connectivity index (χ1) is 13.3. The SMILES string of the molecule is CCCCCNC(=NCc1ccccc1OCCN1CCOCC1)NCC.I. The highest BCUT2D eigenvalue weighted by atomic mass is 127. The van der Waals surface area contributed by atoms with Crippen molar-refractivity contribution in [3.8, 4) is 5.75 Å². The molecule has 0 atom stereocenters. The fourth-order valence-electron chi connectivity index (χ4n) is 2.97. The molecule has 0 bridgehead atoms. The highest BCUT2D eigenvalue weighted by Gasteiger charge is 2.10. The van der Waals surface area contributed by atoms with Crippen LogP contribution in [0.15, 0.2) is 29.3 Å². The molecule has 28 heavy (non-hydrogen) atoms. The van der Waals surface area contributed by atoms with Gasteiger partial charge in [-0.15, -0.1) is 24.0 Å². The number of ether oxygens (including phenoxy) is 2. The number of halogens is 1. The molecule has 1 aromatic rings. The Labute approximate surface area is 187 Å². The van der Waals surface area contributed by atoms with Crippen molar-refractivity contribution < 1.29 is 9.47 Å². The van der Waals surface area contributed by atoms with E-state index in [0.29, 0.717) is 13.2 Å². The minimum atomic E-state index is 0. The van der Waals surface area contributed by atoms with Crippen LogP contribution in [-0.2, 0) is 11.3 Å². The van der Waals surface area contributed by atoms with E-state index < -0.39 is 0 Å². The van der Waals surface area contributed by atoms with E-state index in [4.69, 9.17) is 14.5 Å². The summed E-state index contributed by atoms with van der Waals surface area (Å²) in [5.74, 6) is 1.80. The van der Waals surface area contributed by atoms with Crippen LogP contribution in [-0.4, -0.2) is 63.4 Å². The summed E-state index contributed by atoms with van der Waals surface area (Å²) in [6.45, 7) is 12.0. The average Bonchev–Trinajstić information content (AvgIpc) is 2.71. The predicted octanol–water partition coefficient (Wildman–Crippen LogP) is 3.26. The Bertz CT molecular complexity index is 551. The van der Waals surface area contributed by atoms with Crippen molar-refractivity contribution in [3.05, 3.63) is 29.8 Å². The van der Waals surface area contributed by atoms with Gasteiger partial charge in [-0.05, 0) is 19.4 Å². The summed E-state index contributed by atoms with van der Waals surface area (Å²) in [7, 11) is 0. The van der Waals surface area contributed by atoms with E-state index >= 15 is 0 Å². The Hall–Kier alpha value is -1.06. The van der Waals surface area contributed by atoms with Crippen molar-refractivity contribution in [3.63, 3.8) is 0 Å². The maximum absolute atomic E-state index is 6.05. The lowest BCUT2D eigenvalue weighted by Gasteiger charge is -2.26. The molecule has 0 spiro atoms. The van der Waals surface area contributed by atoms with Gasteiger partial charge in [0.15, 0.2) is 5.96 Å². The van der Waals surface area contributed by atoms with Gasteiger partial charge in [-0.25, -0.2) is 4.99 Å². The summed E-state index contributed by atoms with van der Waals surface area (Å²) in [6, 6.07) is 8.19. The fourth-order valence-corrected chi connectivity index (χ4v) is 2.97. The number of unbranched alkanes of at least 4 members (excludes halogenated alkanes) is 2. The minimum absolute atomic E-state index is 0. The zero-order valence-electron chi connectivity index (χ0n) is 17.4. The first-order valence-corrected chi connectivity index (χ1v) is 10.4. The van der Waals surface area contributed by atoms with Gasteiger partial charge in [0.1, 0.15) is 12.4 Å². The van der Waals surface area contributed by atoms with E-state index in [-0.39, 0.29) is 24.0 Å².